The van der Waals surface area contributed by atoms with Crippen molar-refractivity contribution in [3.8, 4) is 28.4 Å². The average Bonchev–Trinajstić information content (AvgIpc) is 3.14. The minimum atomic E-state index is -0.968. The van der Waals surface area contributed by atoms with Crippen molar-refractivity contribution in [1.82, 2.24) is 4.40 Å². The number of aromatic carboxylic acids is 1. The first-order valence-corrected chi connectivity index (χ1v) is 9.08. The van der Waals surface area contributed by atoms with Gasteiger partial charge in [-0.1, -0.05) is 0 Å². The van der Waals surface area contributed by atoms with Crippen LogP contribution in [0.2, 0.25) is 0 Å². The van der Waals surface area contributed by atoms with Crippen LogP contribution in [0, 0.1) is 6.92 Å². The molecule has 0 fully saturated rings. The van der Waals surface area contributed by atoms with Crippen molar-refractivity contribution in [2.24, 2.45) is 0 Å². The molecule has 0 saturated heterocycles. The van der Waals surface area contributed by atoms with Gasteiger partial charge in [0, 0.05) is 24.4 Å². The number of fused-ring (bicyclic) bond motifs is 1. The lowest BCUT2D eigenvalue weighted by Gasteiger charge is -2.17. The number of ether oxygens (including phenoxy) is 4. The number of carbonyl (C=O) groups is 1. The number of aromatic nitrogens is 1. The average molecular weight is 399 g/mol. The van der Waals surface area contributed by atoms with Crippen molar-refractivity contribution in [1.29, 1.82) is 0 Å². The van der Waals surface area contributed by atoms with Crippen LogP contribution in [0.5, 0.6) is 17.2 Å². The number of carboxylic acid groups (broad SMARTS) is 1. The SMILES string of the molecule is COc1cc(-c2cc3cc(C(=O)O)c(C)c(C(C)OC)n3c2)cc(OC)c1OC. The molecule has 0 saturated carbocycles. The van der Waals surface area contributed by atoms with E-state index in [1.165, 1.54) is 0 Å². The molecule has 1 atom stereocenters. The Balaban J connectivity index is 2.29. The molecule has 0 aliphatic carbocycles. The van der Waals surface area contributed by atoms with Crippen molar-refractivity contribution < 1.29 is 28.8 Å². The van der Waals surface area contributed by atoms with Crippen molar-refractivity contribution >= 4 is 11.5 Å². The predicted octanol–water partition coefficient (Wildman–Crippen LogP) is 4.35. The molecular formula is C22H25NO6. The first kappa shape index (κ1) is 20.5. The largest absolute Gasteiger partial charge is 0.493 e. The number of benzene rings is 1. The molecule has 1 N–H and O–H groups in total. The van der Waals surface area contributed by atoms with Gasteiger partial charge in [0.2, 0.25) is 5.75 Å². The van der Waals surface area contributed by atoms with Crippen LogP contribution in [-0.4, -0.2) is 43.9 Å². The summed E-state index contributed by atoms with van der Waals surface area (Å²) in [6, 6.07) is 7.32. The fourth-order valence-corrected chi connectivity index (χ4v) is 3.61. The highest BCUT2D eigenvalue weighted by Crippen LogP contribution is 2.42. The first-order valence-electron chi connectivity index (χ1n) is 9.08. The number of nitrogens with zero attached hydrogens (tertiary/aromatic N) is 1. The predicted molar refractivity (Wildman–Crippen MR) is 110 cm³/mol. The Morgan fingerprint density at radius 2 is 1.59 bits per heavy atom. The minimum absolute atomic E-state index is 0.256. The Morgan fingerprint density at radius 3 is 2.07 bits per heavy atom. The van der Waals surface area contributed by atoms with Gasteiger partial charge in [0.1, 0.15) is 0 Å². The van der Waals surface area contributed by atoms with E-state index in [1.807, 2.05) is 35.7 Å². The van der Waals surface area contributed by atoms with Gasteiger partial charge in [-0.3, -0.25) is 0 Å². The number of hydrogen-bond acceptors (Lipinski definition) is 5. The summed E-state index contributed by atoms with van der Waals surface area (Å²) in [6.45, 7) is 3.69. The summed E-state index contributed by atoms with van der Waals surface area (Å²) in [6.07, 6.45) is 1.68. The Morgan fingerprint density at radius 1 is 0.966 bits per heavy atom. The van der Waals surface area contributed by atoms with Gasteiger partial charge in [-0.15, -0.1) is 0 Å². The summed E-state index contributed by atoms with van der Waals surface area (Å²) in [5, 5.41) is 9.63. The molecule has 0 spiro atoms. The molecule has 7 heteroatoms. The van der Waals surface area contributed by atoms with Crippen molar-refractivity contribution in [3.63, 3.8) is 0 Å². The third kappa shape index (κ3) is 3.49. The van der Waals surface area contributed by atoms with Crippen LogP contribution >= 0.6 is 0 Å². The maximum absolute atomic E-state index is 11.7. The van der Waals surface area contributed by atoms with Gasteiger partial charge in [0.05, 0.1) is 38.7 Å². The molecule has 0 aliphatic rings. The zero-order valence-corrected chi connectivity index (χ0v) is 17.4. The van der Waals surface area contributed by atoms with E-state index in [4.69, 9.17) is 18.9 Å². The third-order valence-corrected chi connectivity index (χ3v) is 5.16. The zero-order valence-electron chi connectivity index (χ0n) is 17.4. The molecule has 0 bridgehead atoms. The van der Waals surface area contributed by atoms with Crippen LogP contribution in [-0.2, 0) is 4.74 Å². The van der Waals surface area contributed by atoms with Gasteiger partial charge in [0.15, 0.2) is 11.5 Å². The van der Waals surface area contributed by atoms with Crippen molar-refractivity contribution in [2.75, 3.05) is 28.4 Å². The van der Waals surface area contributed by atoms with Crippen LogP contribution in [0.15, 0.2) is 30.5 Å². The molecule has 3 rings (SSSR count). The Hall–Kier alpha value is -3.19. The quantitative estimate of drug-likeness (QED) is 0.637. The summed E-state index contributed by atoms with van der Waals surface area (Å²) in [5.41, 5.74) is 4.22. The molecule has 0 aliphatic heterocycles. The lowest BCUT2D eigenvalue weighted by atomic mass is 10.0. The lowest BCUT2D eigenvalue weighted by molar-refractivity contribution is 0.0695. The highest BCUT2D eigenvalue weighted by atomic mass is 16.5. The van der Waals surface area contributed by atoms with Crippen molar-refractivity contribution in [3.05, 3.63) is 47.3 Å². The number of methoxy groups -OCH3 is 4. The van der Waals surface area contributed by atoms with E-state index in [2.05, 4.69) is 0 Å². The van der Waals surface area contributed by atoms with E-state index < -0.39 is 5.97 Å². The highest BCUT2D eigenvalue weighted by molar-refractivity contribution is 5.92. The Kier molecular flexibility index (Phi) is 5.70. The fourth-order valence-electron chi connectivity index (χ4n) is 3.61. The summed E-state index contributed by atoms with van der Waals surface area (Å²) in [5.74, 6) is 0.639. The molecule has 0 radical (unpaired) electrons. The van der Waals surface area contributed by atoms with Crippen LogP contribution < -0.4 is 14.2 Å². The molecule has 1 unspecified atom stereocenters. The minimum Gasteiger partial charge on any atom is -0.493 e. The van der Waals surface area contributed by atoms with Gasteiger partial charge >= 0.3 is 5.97 Å². The van der Waals surface area contributed by atoms with Crippen LogP contribution in [0.4, 0.5) is 0 Å². The second kappa shape index (κ2) is 8.05. The molecule has 29 heavy (non-hydrogen) atoms. The van der Waals surface area contributed by atoms with Gasteiger partial charge in [-0.05, 0) is 49.2 Å². The summed E-state index contributed by atoms with van der Waals surface area (Å²) < 4.78 is 23.8. The second-order valence-electron chi connectivity index (χ2n) is 6.69. The van der Waals surface area contributed by atoms with Gasteiger partial charge < -0.3 is 28.5 Å². The third-order valence-electron chi connectivity index (χ3n) is 5.16. The normalized spacial score (nSPS) is 12.1. The standard InChI is InChI=1S/C22H25NO6/c1-12-17(22(24)25)10-16-7-15(11-23(16)20(12)13(2)26-3)14-8-18(27-4)21(29-6)19(9-14)28-5/h7-11,13H,1-6H3,(H,24,25). The topological polar surface area (TPSA) is 78.6 Å². The monoisotopic (exact) mass is 399 g/mol. The summed E-state index contributed by atoms with van der Waals surface area (Å²) in [4.78, 5) is 11.7. The van der Waals surface area contributed by atoms with Gasteiger partial charge in [0.25, 0.3) is 0 Å². The number of carboxylic acids is 1. The van der Waals surface area contributed by atoms with E-state index in [-0.39, 0.29) is 11.7 Å². The Bertz CT molecular complexity index is 1040. The molecule has 2 heterocycles. The second-order valence-corrected chi connectivity index (χ2v) is 6.69. The number of pyridine rings is 1. The fraction of sp³-hybridized carbons (Fsp3) is 0.318. The molecule has 154 valence electrons. The molecule has 3 aromatic rings. The first-order chi connectivity index (χ1) is 13.9. The highest BCUT2D eigenvalue weighted by Gasteiger charge is 2.21. The molecular weight excluding hydrogens is 374 g/mol. The van der Waals surface area contributed by atoms with E-state index in [9.17, 15) is 9.90 Å². The number of rotatable bonds is 7. The van der Waals surface area contributed by atoms with E-state index in [0.717, 1.165) is 22.3 Å². The molecule has 7 nitrogen and oxygen atoms in total. The van der Waals surface area contributed by atoms with E-state index in [1.54, 1.807) is 41.4 Å². The van der Waals surface area contributed by atoms with Crippen LogP contribution in [0.3, 0.4) is 0 Å². The Labute approximate surface area is 169 Å². The summed E-state index contributed by atoms with van der Waals surface area (Å²) in [7, 11) is 6.30. The van der Waals surface area contributed by atoms with Crippen molar-refractivity contribution in [2.45, 2.75) is 20.0 Å². The van der Waals surface area contributed by atoms with Crippen LogP contribution in [0.1, 0.15) is 34.6 Å². The number of hydrogen-bond donors (Lipinski definition) is 1. The van der Waals surface area contributed by atoms with Gasteiger partial charge in [-0.25, -0.2) is 4.79 Å². The van der Waals surface area contributed by atoms with Gasteiger partial charge in [-0.2, -0.15) is 0 Å². The molecule has 1 aromatic carbocycles. The van der Waals surface area contributed by atoms with Crippen LogP contribution in [0.25, 0.3) is 16.6 Å². The smallest absolute Gasteiger partial charge is 0.336 e. The molecule has 0 amide bonds. The zero-order chi connectivity index (χ0) is 21.3. The maximum atomic E-state index is 11.7. The lowest BCUT2D eigenvalue weighted by Crippen LogP contribution is -2.11. The van der Waals surface area contributed by atoms with E-state index in [0.29, 0.717) is 22.8 Å². The molecule has 2 aromatic heterocycles. The summed E-state index contributed by atoms with van der Waals surface area (Å²) >= 11 is 0. The maximum Gasteiger partial charge on any atom is 0.336 e. The van der Waals surface area contributed by atoms with E-state index >= 15 is 0 Å².